The van der Waals surface area contributed by atoms with Crippen LogP contribution in [0.5, 0.6) is 0 Å². The van der Waals surface area contributed by atoms with Crippen LogP contribution in [0.1, 0.15) is 48.2 Å². The summed E-state index contributed by atoms with van der Waals surface area (Å²) in [6, 6.07) is 15.9. The van der Waals surface area contributed by atoms with Crippen molar-refractivity contribution >= 4 is 23.4 Å². The van der Waals surface area contributed by atoms with Crippen LogP contribution in [0.25, 0.3) is 11.4 Å². The van der Waals surface area contributed by atoms with Crippen molar-refractivity contribution in [3.63, 3.8) is 0 Å². The second-order valence-electron chi connectivity index (χ2n) is 8.82. The predicted octanol–water partition coefficient (Wildman–Crippen LogP) is 5.05. The fourth-order valence-electron chi connectivity index (χ4n) is 4.29. The van der Waals surface area contributed by atoms with Gasteiger partial charge in [0.2, 0.25) is 0 Å². The van der Waals surface area contributed by atoms with E-state index in [0.29, 0.717) is 12.5 Å². The zero-order valence-electron chi connectivity index (χ0n) is 19.2. The van der Waals surface area contributed by atoms with Crippen LogP contribution >= 0.6 is 11.8 Å². The van der Waals surface area contributed by atoms with E-state index in [1.807, 2.05) is 24.3 Å². The molecule has 6 rings (SSSR count). The van der Waals surface area contributed by atoms with E-state index in [1.54, 1.807) is 23.7 Å². The molecule has 2 aliphatic rings. The standard InChI is InChI=1S/C26H24N6O2S/c1-17-4-6-18(7-5-17)21-15-22(23-3-2-14-34-23)32(30-21)24(33)16-35-26-29-28-25(31(26)20-8-9-20)19-10-12-27-13-11-19/h2-7,10-14,20,22H,8-9,15-16H2,1H3/t22-/m1/s1. The molecule has 4 heterocycles. The van der Waals surface area contributed by atoms with E-state index in [1.165, 1.54) is 17.3 Å². The minimum atomic E-state index is -0.261. The molecule has 1 aromatic carbocycles. The van der Waals surface area contributed by atoms with Crippen LogP contribution in [-0.2, 0) is 4.79 Å². The first-order valence-electron chi connectivity index (χ1n) is 11.7. The van der Waals surface area contributed by atoms with Gasteiger partial charge in [0.15, 0.2) is 11.0 Å². The fourth-order valence-corrected chi connectivity index (χ4v) is 5.15. The molecule has 3 aromatic heterocycles. The van der Waals surface area contributed by atoms with Crippen molar-refractivity contribution < 1.29 is 9.21 Å². The summed E-state index contributed by atoms with van der Waals surface area (Å²) >= 11 is 1.41. The molecule has 0 N–H and O–H groups in total. The minimum absolute atomic E-state index is 0.0886. The van der Waals surface area contributed by atoms with Gasteiger partial charge in [-0.3, -0.25) is 14.3 Å². The van der Waals surface area contributed by atoms with Crippen molar-refractivity contribution in [1.29, 1.82) is 0 Å². The molecule has 1 fully saturated rings. The first-order valence-corrected chi connectivity index (χ1v) is 12.6. The summed E-state index contributed by atoms with van der Waals surface area (Å²) in [6.45, 7) is 2.05. The average molecular weight is 485 g/mol. The second-order valence-corrected chi connectivity index (χ2v) is 9.76. The molecule has 0 saturated heterocycles. The number of nitrogens with zero attached hydrogens (tertiary/aromatic N) is 6. The number of furan rings is 1. The van der Waals surface area contributed by atoms with Crippen molar-refractivity contribution in [2.75, 3.05) is 5.75 Å². The Kier molecular flexibility index (Phi) is 5.69. The Morgan fingerprint density at radius 2 is 1.86 bits per heavy atom. The van der Waals surface area contributed by atoms with Gasteiger partial charge in [-0.05, 0) is 49.6 Å². The third kappa shape index (κ3) is 4.39. The Morgan fingerprint density at radius 1 is 1.06 bits per heavy atom. The number of hydrogen-bond donors (Lipinski definition) is 0. The molecule has 1 aliphatic carbocycles. The fraction of sp³-hybridized carbons (Fsp3) is 0.269. The molecular weight excluding hydrogens is 460 g/mol. The number of aromatic nitrogens is 4. The zero-order chi connectivity index (χ0) is 23.8. The van der Waals surface area contributed by atoms with Crippen LogP contribution in [0.15, 0.2) is 81.9 Å². The lowest BCUT2D eigenvalue weighted by Crippen LogP contribution is -2.28. The summed E-state index contributed by atoms with van der Waals surface area (Å²) in [7, 11) is 0. The van der Waals surface area contributed by atoms with E-state index in [-0.39, 0.29) is 17.7 Å². The van der Waals surface area contributed by atoms with Crippen LogP contribution in [-0.4, -0.2) is 42.1 Å². The Bertz CT molecular complexity index is 1360. The highest BCUT2D eigenvalue weighted by Gasteiger charge is 2.36. The number of amides is 1. The highest BCUT2D eigenvalue weighted by atomic mass is 32.2. The zero-order valence-corrected chi connectivity index (χ0v) is 20.1. The summed E-state index contributed by atoms with van der Waals surface area (Å²) in [5.41, 5.74) is 4.06. The number of carbonyl (C=O) groups excluding carboxylic acids is 1. The molecule has 0 spiro atoms. The molecule has 1 aliphatic heterocycles. The molecule has 1 amide bonds. The van der Waals surface area contributed by atoms with E-state index in [0.717, 1.165) is 46.4 Å². The third-order valence-electron chi connectivity index (χ3n) is 6.26. The van der Waals surface area contributed by atoms with Crippen molar-refractivity contribution in [3.05, 3.63) is 84.1 Å². The van der Waals surface area contributed by atoms with E-state index in [9.17, 15) is 4.79 Å². The lowest BCUT2D eigenvalue weighted by Gasteiger charge is -2.19. The summed E-state index contributed by atoms with van der Waals surface area (Å²) in [5, 5.41) is 15.9. The first-order chi connectivity index (χ1) is 17.2. The van der Waals surface area contributed by atoms with Gasteiger partial charge in [-0.15, -0.1) is 10.2 Å². The number of pyridine rings is 1. The smallest absolute Gasteiger partial charge is 0.253 e. The van der Waals surface area contributed by atoms with Crippen LogP contribution in [0.4, 0.5) is 0 Å². The highest BCUT2D eigenvalue weighted by Crippen LogP contribution is 2.41. The van der Waals surface area contributed by atoms with E-state index in [2.05, 4.69) is 50.9 Å². The Balaban J connectivity index is 1.24. The highest BCUT2D eigenvalue weighted by molar-refractivity contribution is 7.99. The Hall–Kier alpha value is -3.72. The van der Waals surface area contributed by atoms with Gasteiger partial charge in [0.25, 0.3) is 5.91 Å². The van der Waals surface area contributed by atoms with Crippen molar-refractivity contribution in [2.24, 2.45) is 5.10 Å². The Morgan fingerprint density at radius 3 is 2.57 bits per heavy atom. The number of carbonyl (C=O) groups is 1. The molecule has 9 heteroatoms. The molecule has 1 saturated carbocycles. The minimum Gasteiger partial charge on any atom is -0.467 e. The maximum Gasteiger partial charge on any atom is 0.253 e. The van der Waals surface area contributed by atoms with Gasteiger partial charge in [-0.2, -0.15) is 5.10 Å². The number of rotatable bonds is 7. The lowest BCUT2D eigenvalue weighted by atomic mass is 10.0. The average Bonchev–Trinajstić information content (AvgIpc) is 3.28. The van der Waals surface area contributed by atoms with Gasteiger partial charge >= 0.3 is 0 Å². The largest absolute Gasteiger partial charge is 0.467 e. The van der Waals surface area contributed by atoms with Gasteiger partial charge < -0.3 is 4.42 Å². The van der Waals surface area contributed by atoms with Crippen LogP contribution in [0.3, 0.4) is 0 Å². The molecule has 0 unspecified atom stereocenters. The van der Waals surface area contributed by atoms with Gasteiger partial charge in [0.05, 0.1) is 17.7 Å². The number of hydrazone groups is 1. The predicted molar refractivity (Wildman–Crippen MR) is 133 cm³/mol. The molecule has 0 radical (unpaired) electrons. The van der Waals surface area contributed by atoms with E-state index in [4.69, 9.17) is 9.52 Å². The van der Waals surface area contributed by atoms with Gasteiger partial charge in [0.1, 0.15) is 11.8 Å². The van der Waals surface area contributed by atoms with Gasteiger partial charge in [-0.1, -0.05) is 41.6 Å². The number of hydrogen-bond acceptors (Lipinski definition) is 7. The number of thioether (sulfide) groups is 1. The maximum absolute atomic E-state index is 13.4. The normalized spacial score (nSPS) is 17.6. The SMILES string of the molecule is Cc1ccc(C2=NN(C(=O)CSc3nnc(-c4ccncc4)n3C3CC3)[C@@H](c3ccco3)C2)cc1. The maximum atomic E-state index is 13.4. The third-order valence-corrected chi connectivity index (χ3v) is 7.19. The topological polar surface area (TPSA) is 89.4 Å². The molecule has 8 nitrogen and oxygen atoms in total. The Labute approximate surface area is 207 Å². The lowest BCUT2D eigenvalue weighted by molar-refractivity contribution is -0.130. The molecular formula is C26H24N6O2S. The monoisotopic (exact) mass is 484 g/mol. The van der Waals surface area contributed by atoms with Crippen LogP contribution in [0.2, 0.25) is 0 Å². The molecule has 35 heavy (non-hydrogen) atoms. The number of aryl methyl sites for hydroxylation is 1. The van der Waals surface area contributed by atoms with Crippen molar-refractivity contribution in [3.8, 4) is 11.4 Å². The summed E-state index contributed by atoms with van der Waals surface area (Å²) in [5.74, 6) is 1.67. The van der Waals surface area contributed by atoms with Gasteiger partial charge in [-0.25, -0.2) is 5.01 Å². The second kappa shape index (κ2) is 9.14. The summed E-state index contributed by atoms with van der Waals surface area (Å²) < 4.78 is 7.82. The van der Waals surface area contributed by atoms with E-state index < -0.39 is 0 Å². The summed E-state index contributed by atoms with van der Waals surface area (Å²) in [4.78, 5) is 17.5. The first kappa shape index (κ1) is 21.8. The van der Waals surface area contributed by atoms with Crippen molar-refractivity contribution in [1.82, 2.24) is 24.8 Å². The van der Waals surface area contributed by atoms with Crippen LogP contribution < -0.4 is 0 Å². The molecule has 0 bridgehead atoms. The van der Waals surface area contributed by atoms with Crippen molar-refractivity contribution in [2.45, 2.75) is 43.4 Å². The quantitative estimate of drug-likeness (QED) is 0.341. The van der Waals surface area contributed by atoms with Gasteiger partial charge in [0, 0.05) is 30.4 Å². The van der Waals surface area contributed by atoms with Crippen LogP contribution in [0, 0.1) is 6.92 Å². The summed E-state index contributed by atoms with van der Waals surface area (Å²) in [6.07, 6.45) is 7.93. The molecule has 176 valence electrons. The van der Waals surface area contributed by atoms with E-state index >= 15 is 0 Å². The molecule has 1 atom stereocenters. The number of benzene rings is 1. The molecule has 4 aromatic rings.